The molecule has 8 nitrogen and oxygen atoms in total. The summed E-state index contributed by atoms with van der Waals surface area (Å²) in [6.07, 6.45) is 23.3. The Morgan fingerprint density at radius 2 is 1.35 bits per heavy atom. The molecule has 0 saturated heterocycles. The first-order chi connectivity index (χ1) is 22.2. The molecular formula is C38H68O8. The van der Waals surface area contributed by atoms with Crippen LogP contribution in [-0.4, -0.2) is 70.0 Å². The van der Waals surface area contributed by atoms with Crippen molar-refractivity contribution in [3.05, 3.63) is 24.3 Å². The van der Waals surface area contributed by atoms with E-state index in [0.29, 0.717) is 38.5 Å². The van der Waals surface area contributed by atoms with Gasteiger partial charge < -0.3 is 29.9 Å². The number of carbonyl (C=O) groups is 2. The third-order valence-electron chi connectivity index (χ3n) is 9.30. The number of carbonyl (C=O) groups excluding carboxylic acids is 2. The molecule has 8 heteroatoms. The van der Waals surface area contributed by atoms with Crippen LogP contribution in [0.4, 0.5) is 0 Å². The summed E-state index contributed by atoms with van der Waals surface area (Å²) >= 11 is 0. The number of unbranched alkanes of at least 4 members (excludes halogenated alkanes) is 10. The van der Waals surface area contributed by atoms with E-state index in [1.165, 1.54) is 44.9 Å². The van der Waals surface area contributed by atoms with Gasteiger partial charge in [-0.2, -0.15) is 0 Å². The second-order valence-corrected chi connectivity index (χ2v) is 13.6. The molecular weight excluding hydrogens is 584 g/mol. The number of hydrogen-bond acceptors (Lipinski definition) is 8. The van der Waals surface area contributed by atoms with E-state index >= 15 is 0 Å². The van der Waals surface area contributed by atoms with Gasteiger partial charge in [0.25, 0.3) is 0 Å². The molecule has 7 atom stereocenters. The summed E-state index contributed by atoms with van der Waals surface area (Å²) in [5, 5.41) is 41.0. The van der Waals surface area contributed by atoms with Crippen molar-refractivity contribution in [2.45, 2.75) is 174 Å². The predicted molar refractivity (Wildman–Crippen MR) is 184 cm³/mol. The first kappa shape index (κ1) is 42.3. The number of aliphatic hydroxyl groups is 4. The van der Waals surface area contributed by atoms with Crippen molar-refractivity contribution in [3.63, 3.8) is 0 Å². The van der Waals surface area contributed by atoms with Crippen LogP contribution in [0.3, 0.4) is 0 Å². The standard InChI is InChI=1S/C38H68O8/c1-4-6-15-21-31(39)25-26-34-33(35(41)27-36(34)42)22-17-13-14-19-24-38(44)46-29-32(40)28-45-37(43)23-18-12-10-8-7-9-11-16-20-30(3)5-2/h13,17,25-26,30-36,39-42H,4-12,14-16,18-24,27-29H2,1-3H3/b17-13+,26-25+/t30?,31-,32+,33+,34+,35-,36+/m0/s1. The minimum Gasteiger partial charge on any atom is -0.463 e. The summed E-state index contributed by atoms with van der Waals surface area (Å²) in [6.45, 7) is 6.31. The van der Waals surface area contributed by atoms with E-state index in [2.05, 4.69) is 20.8 Å². The second-order valence-electron chi connectivity index (χ2n) is 13.6. The van der Waals surface area contributed by atoms with Crippen molar-refractivity contribution >= 4 is 11.9 Å². The summed E-state index contributed by atoms with van der Waals surface area (Å²) in [6, 6.07) is 0. The average Bonchev–Trinajstić information content (AvgIpc) is 3.31. The highest BCUT2D eigenvalue weighted by molar-refractivity contribution is 5.69. The smallest absolute Gasteiger partial charge is 0.305 e. The van der Waals surface area contributed by atoms with Crippen molar-refractivity contribution in [2.24, 2.45) is 17.8 Å². The molecule has 1 saturated carbocycles. The maximum absolute atomic E-state index is 12.0. The summed E-state index contributed by atoms with van der Waals surface area (Å²) in [5.74, 6) is -0.215. The molecule has 0 spiro atoms. The average molecular weight is 653 g/mol. The maximum Gasteiger partial charge on any atom is 0.305 e. The Balaban J connectivity index is 2.09. The van der Waals surface area contributed by atoms with Crippen LogP contribution in [0.25, 0.3) is 0 Å². The van der Waals surface area contributed by atoms with Gasteiger partial charge in [0, 0.05) is 25.2 Å². The van der Waals surface area contributed by atoms with Crippen LogP contribution in [0, 0.1) is 17.8 Å². The molecule has 268 valence electrons. The predicted octanol–water partition coefficient (Wildman–Crippen LogP) is 7.35. The normalized spacial score (nSPS) is 22.0. The lowest BCUT2D eigenvalue weighted by molar-refractivity contribution is -0.152. The van der Waals surface area contributed by atoms with Crippen molar-refractivity contribution < 1.29 is 39.5 Å². The number of aliphatic hydroxyl groups excluding tert-OH is 4. The Morgan fingerprint density at radius 1 is 0.761 bits per heavy atom. The lowest BCUT2D eigenvalue weighted by atomic mass is 9.89. The molecule has 0 aromatic heterocycles. The topological polar surface area (TPSA) is 134 Å². The zero-order chi connectivity index (χ0) is 34.0. The third-order valence-corrected chi connectivity index (χ3v) is 9.30. The Morgan fingerprint density at radius 3 is 1.98 bits per heavy atom. The van der Waals surface area contributed by atoms with Crippen LogP contribution >= 0.6 is 0 Å². The summed E-state index contributed by atoms with van der Waals surface area (Å²) < 4.78 is 10.3. The molecule has 0 aromatic rings. The van der Waals surface area contributed by atoms with E-state index < -0.39 is 30.4 Å². The molecule has 0 bridgehead atoms. The molecule has 4 N–H and O–H groups in total. The van der Waals surface area contributed by atoms with E-state index in [4.69, 9.17) is 9.47 Å². The molecule has 0 amide bonds. The summed E-state index contributed by atoms with van der Waals surface area (Å²) in [4.78, 5) is 24.0. The van der Waals surface area contributed by atoms with E-state index in [1.54, 1.807) is 6.08 Å². The van der Waals surface area contributed by atoms with Crippen LogP contribution < -0.4 is 0 Å². The van der Waals surface area contributed by atoms with Crippen LogP contribution in [-0.2, 0) is 19.1 Å². The highest BCUT2D eigenvalue weighted by atomic mass is 16.6. The zero-order valence-corrected chi connectivity index (χ0v) is 29.3. The maximum atomic E-state index is 12.0. The molecule has 1 unspecified atom stereocenters. The quantitative estimate of drug-likeness (QED) is 0.0392. The van der Waals surface area contributed by atoms with E-state index in [1.807, 2.05) is 18.2 Å². The fourth-order valence-corrected chi connectivity index (χ4v) is 6.00. The van der Waals surface area contributed by atoms with Gasteiger partial charge in [-0.3, -0.25) is 9.59 Å². The molecule has 1 aliphatic carbocycles. The van der Waals surface area contributed by atoms with Crippen molar-refractivity contribution in [2.75, 3.05) is 13.2 Å². The third kappa shape index (κ3) is 21.2. The van der Waals surface area contributed by atoms with Gasteiger partial charge in [-0.25, -0.2) is 0 Å². The van der Waals surface area contributed by atoms with Gasteiger partial charge in [-0.15, -0.1) is 0 Å². The Bertz CT molecular complexity index is 828. The molecule has 0 radical (unpaired) electrons. The fraction of sp³-hybridized carbons (Fsp3) is 0.842. The zero-order valence-electron chi connectivity index (χ0n) is 29.3. The van der Waals surface area contributed by atoms with Gasteiger partial charge in [0.05, 0.1) is 18.3 Å². The molecule has 1 rings (SSSR count). The Kier molecular flexibility index (Phi) is 25.0. The van der Waals surface area contributed by atoms with Crippen molar-refractivity contribution in [1.82, 2.24) is 0 Å². The molecule has 46 heavy (non-hydrogen) atoms. The number of allylic oxidation sites excluding steroid dienone is 2. The lowest BCUT2D eigenvalue weighted by Crippen LogP contribution is -2.25. The number of rotatable bonds is 28. The second kappa shape index (κ2) is 27.2. The van der Waals surface area contributed by atoms with Gasteiger partial charge in [0.2, 0.25) is 0 Å². The lowest BCUT2D eigenvalue weighted by Gasteiger charge is -2.19. The first-order valence-electron chi connectivity index (χ1n) is 18.5. The summed E-state index contributed by atoms with van der Waals surface area (Å²) in [7, 11) is 0. The van der Waals surface area contributed by atoms with Crippen LogP contribution in [0.1, 0.15) is 149 Å². The van der Waals surface area contributed by atoms with Gasteiger partial charge in [0.15, 0.2) is 0 Å². The van der Waals surface area contributed by atoms with Crippen molar-refractivity contribution in [1.29, 1.82) is 0 Å². The van der Waals surface area contributed by atoms with Crippen molar-refractivity contribution in [3.8, 4) is 0 Å². The highest BCUT2D eigenvalue weighted by Gasteiger charge is 2.39. The van der Waals surface area contributed by atoms with Gasteiger partial charge in [-0.1, -0.05) is 122 Å². The van der Waals surface area contributed by atoms with E-state index in [-0.39, 0.29) is 37.4 Å². The molecule has 0 aliphatic heterocycles. The molecule has 1 fully saturated rings. The fourth-order valence-electron chi connectivity index (χ4n) is 6.00. The van der Waals surface area contributed by atoms with Crippen LogP contribution in [0.5, 0.6) is 0 Å². The first-order valence-corrected chi connectivity index (χ1v) is 18.5. The largest absolute Gasteiger partial charge is 0.463 e. The SMILES string of the molecule is CCCCC[C@H](O)/C=C/[C@@H]1[C@@H](C/C=C/CCCC(=O)OC[C@H](O)COC(=O)CCCCCCCCCCC(C)CC)[C@@H](O)C[C@H]1O. The van der Waals surface area contributed by atoms with E-state index in [0.717, 1.165) is 44.4 Å². The Labute approximate surface area is 280 Å². The number of esters is 2. The molecule has 1 aliphatic rings. The monoisotopic (exact) mass is 652 g/mol. The van der Waals surface area contributed by atoms with Gasteiger partial charge in [0.1, 0.15) is 19.3 Å². The van der Waals surface area contributed by atoms with Crippen LogP contribution in [0.15, 0.2) is 24.3 Å². The molecule has 0 aromatic carbocycles. The Hall–Kier alpha value is -1.74. The van der Waals surface area contributed by atoms with E-state index in [9.17, 15) is 30.0 Å². The minimum absolute atomic E-state index is 0.116. The van der Waals surface area contributed by atoms with Crippen LogP contribution in [0.2, 0.25) is 0 Å². The molecule has 0 heterocycles. The minimum atomic E-state index is -1.04. The summed E-state index contributed by atoms with van der Waals surface area (Å²) in [5.41, 5.74) is 0. The highest BCUT2D eigenvalue weighted by Crippen LogP contribution is 2.36. The van der Waals surface area contributed by atoms with Gasteiger partial charge in [-0.05, 0) is 43.9 Å². The number of ether oxygens (including phenoxy) is 2. The number of hydrogen-bond donors (Lipinski definition) is 4. The van der Waals surface area contributed by atoms with Gasteiger partial charge >= 0.3 is 11.9 Å².